The summed E-state index contributed by atoms with van der Waals surface area (Å²) in [5, 5.41) is 4.43. The number of hydrogen-bond donors (Lipinski definition) is 2. The molecule has 0 saturated carbocycles. The maximum Gasteiger partial charge on any atom is 0.213 e. The molecule has 0 spiro atoms. The Bertz CT molecular complexity index is 1010. The molecule has 4 rings (SSSR count). The lowest BCUT2D eigenvalue weighted by atomic mass is 10.1. The van der Waals surface area contributed by atoms with E-state index in [1.165, 1.54) is 5.56 Å². The molecular formula is C20H19N5O. The third-order valence-electron chi connectivity index (χ3n) is 4.20. The Morgan fingerprint density at radius 1 is 1.08 bits per heavy atom. The van der Waals surface area contributed by atoms with Crippen molar-refractivity contribution in [2.24, 2.45) is 0 Å². The Balaban J connectivity index is 1.41. The van der Waals surface area contributed by atoms with Gasteiger partial charge in [0.15, 0.2) is 0 Å². The number of hydrogen-bond acceptors (Lipinski definition) is 5. The van der Waals surface area contributed by atoms with Crippen LogP contribution in [0.4, 0.5) is 5.82 Å². The number of fused-ring (bicyclic) bond motifs is 1. The zero-order valence-corrected chi connectivity index (χ0v) is 14.4. The van der Waals surface area contributed by atoms with Gasteiger partial charge in [-0.2, -0.15) is 0 Å². The van der Waals surface area contributed by atoms with Crippen LogP contribution in [0, 0.1) is 0 Å². The van der Waals surface area contributed by atoms with Gasteiger partial charge in [-0.1, -0.05) is 12.1 Å². The molecule has 0 aliphatic carbocycles. The van der Waals surface area contributed by atoms with Crippen LogP contribution in [0.1, 0.15) is 16.8 Å². The summed E-state index contributed by atoms with van der Waals surface area (Å²) in [5.74, 6) is 1.43. The molecule has 26 heavy (non-hydrogen) atoms. The second-order valence-corrected chi connectivity index (χ2v) is 5.97. The average Bonchev–Trinajstić information content (AvgIpc) is 3.11. The Labute approximate surface area is 151 Å². The summed E-state index contributed by atoms with van der Waals surface area (Å²) >= 11 is 0. The Hall–Kier alpha value is -3.41. The summed E-state index contributed by atoms with van der Waals surface area (Å²) in [6.07, 6.45) is 6.52. The predicted octanol–water partition coefficient (Wildman–Crippen LogP) is 3.56. The van der Waals surface area contributed by atoms with E-state index >= 15 is 0 Å². The number of nitrogens with zero attached hydrogens (tertiary/aromatic N) is 3. The van der Waals surface area contributed by atoms with Crippen LogP contribution in [0.3, 0.4) is 0 Å². The van der Waals surface area contributed by atoms with Crippen LogP contribution in [-0.2, 0) is 13.0 Å². The van der Waals surface area contributed by atoms with Gasteiger partial charge in [0.25, 0.3) is 0 Å². The van der Waals surface area contributed by atoms with Crippen molar-refractivity contribution in [2.45, 2.75) is 13.0 Å². The lowest BCUT2D eigenvalue weighted by Gasteiger charge is -2.07. The number of rotatable bonds is 6. The van der Waals surface area contributed by atoms with Crippen LogP contribution in [0.25, 0.3) is 11.0 Å². The summed E-state index contributed by atoms with van der Waals surface area (Å²) in [4.78, 5) is 16.4. The minimum absolute atomic E-state index is 0.595. The van der Waals surface area contributed by atoms with Crippen LogP contribution >= 0.6 is 0 Å². The topological polar surface area (TPSA) is 75.7 Å². The number of aromatic amines is 1. The lowest BCUT2D eigenvalue weighted by molar-refractivity contribution is 0.396. The first-order valence-electron chi connectivity index (χ1n) is 8.41. The summed E-state index contributed by atoms with van der Waals surface area (Å²) in [6, 6.07) is 13.8. The second-order valence-electron chi connectivity index (χ2n) is 5.97. The minimum Gasteiger partial charge on any atom is -0.481 e. The van der Waals surface area contributed by atoms with Gasteiger partial charge in [-0.05, 0) is 35.4 Å². The summed E-state index contributed by atoms with van der Waals surface area (Å²) in [6.45, 7) is 0.595. The molecule has 4 aromatic heterocycles. The normalized spacial score (nSPS) is 10.8. The SMILES string of the molecule is COc1cccc(CNc2ccc(Cc3c[nH]c4ncccc34)cn2)n1. The molecule has 0 atom stereocenters. The van der Waals surface area contributed by atoms with E-state index < -0.39 is 0 Å². The van der Waals surface area contributed by atoms with Gasteiger partial charge in [0.2, 0.25) is 5.88 Å². The van der Waals surface area contributed by atoms with Gasteiger partial charge >= 0.3 is 0 Å². The molecule has 0 aliphatic rings. The lowest BCUT2D eigenvalue weighted by Crippen LogP contribution is -2.04. The highest BCUT2D eigenvalue weighted by Crippen LogP contribution is 2.19. The molecule has 0 unspecified atom stereocenters. The van der Waals surface area contributed by atoms with Gasteiger partial charge in [0, 0.05) is 36.5 Å². The molecule has 0 fully saturated rings. The van der Waals surface area contributed by atoms with Crippen LogP contribution in [0.5, 0.6) is 5.88 Å². The number of nitrogens with one attached hydrogen (secondary N) is 2. The van der Waals surface area contributed by atoms with Crippen molar-refractivity contribution >= 4 is 16.9 Å². The number of H-pyrrole nitrogens is 1. The molecule has 130 valence electrons. The third kappa shape index (κ3) is 3.49. The Morgan fingerprint density at radius 2 is 2.04 bits per heavy atom. The Kier molecular flexibility index (Phi) is 4.47. The van der Waals surface area contributed by atoms with E-state index in [4.69, 9.17) is 4.74 Å². The maximum absolute atomic E-state index is 5.14. The number of pyridine rings is 3. The first-order valence-corrected chi connectivity index (χ1v) is 8.41. The summed E-state index contributed by atoms with van der Waals surface area (Å²) in [7, 11) is 1.61. The number of ether oxygens (including phenoxy) is 1. The molecule has 6 nitrogen and oxygen atoms in total. The van der Waals surface area contributed by atoms with E-state index in [1.54, 1.807) is 13.3 Å². The molecule has 4 heterocycles. The van der Waals surface area contributed by atoms with Crippen LogP contribution < -0.4 is 10.1 Å². The summed E-state index contributed by atoms with van der Waals surface area (Å²) < 4.78 is 5.14. The molecule has 0 saturated heterocycles. The highest BCUT2D eigenvalue weighted by molar-refractivity contribution is 5.79. The average molecular weight is 345 g/mol. The smallest absolute Gasteiger partial charge is 0.213 e. The predicted molar refractivity (Wildman–Crippen MR) is 101 cm³/mol. The Morgan fingerprint density at radius 3 is 2.88 bits per heavy atom. The van der Waals surface area contributed by atoms with Crippen LogP contribution in [-0.4, -0.2) is 27.0 Å². The van der Waals surface area contributed by atoms with Crippen molar-refractivity contribution < 1.29 is 4.74 Å². The number of aromatic nitrogens is 4. The third-order valence-corrected chi connectivity index (χ3v) is 4.20. The van der Waals surface area contributed by atoms with Gasteiger partial charge in [-0.3, -0.25) is 0 Å². The highest BCUT2D eigenvalue weighted by atomic mass is 16.5. The second kappa shape index (κ2) is 7.23. The van der Waals surface area contributed by atoms with E-state index in [9.17, 15) is 0 Å². The quantitative estimate of drug-likeness (QED) is 0.559. The standard InChI is InChI=1S/C20H19N5O/c1-26-19-6-2-4-16(25-19)13-23-18-8-7-14(11-22-18)10-15-12-24-20-17(15)5-3-9-21-20/h2-9,11-12H,10,13H2,1H3,(H,21,24)(H,22,23). The van der Waals surface area contributed by atoms with Crippen molar-refractivity contribution in [2.75, 3.05) is 12.4 Å². The van der Waals surface area contributed by atoms with Crippen LogP contribution in [0.15, 0.2) is 61.1 Å². The monoisotopic (exact) mass is 345 g/mol. The molecule has 0 radical (unpaired) electrons. The molecular weight excluding hydrogens is 326 g/mol. The largest absolute Gasteiger partial charge is 0.481 e. The fourth-order valence-electron chi connectivity index (χ4n) is 2.86. The molecule has 0 amide bonds. The van der Waals surface area contributed by atoms with Crippen LogP contribution in [0.2, 0.25) is 0 Å². The van der Waals surface area contributed by atoms with Crippen molar-refractivity contribution in [3.05, 3.63) is 77.9 Å². The van der Waals surface area contributed by atoms with E-state index in [0.29, 0.717) is 12.4 Å². The van der Waals surface area contributed by atoms with Crippen molar-refractivity contribution in [1.29, 1.82) is 0 Å². The minimum atomic E-state index is 0.595. The highest BCUT2D eigenvalue weighted by Gasteiger charge is 2.05. The van der Waals surface area contributed by atoms with Gasteiger partial charge in [-0.15, -0.1) is 0 Å². The first-order chi connectivity index (χ1) is 12.8. The molecule has 6 heteroatoms. The van der Waals surface area contributed by atoms with Crippen molar-refractivity contribution in [3.63, 3.8) is 0 Å². The van der Waals surface area contributed by atoms with E-state index in [-0.39, 0.29) is 0 Å². The van der Waals surface area contributed by atoms with E-state index in [0.717, 1.165) is 34.5 Å². The molecule has 0 aromatic carbocycles. The number of anilines is 1. The van der Waals surface area contributed by atoms with E-state index in [1.807, 2.05) is 42.7 Å². The van der Waals surface area contributed by atoms with Gasteiger partial charge in [0.05, 0.1) is 19.3 Å². The van der Waals surface area contributed by atoms with Gasteiger partial charge in [-0.25, -0.2) is 15.0 Å². The first kappa shape index (κ1) is 16.1. The van der Waals surface area contributed by atoms with Gasteiger partial charge in [0.1, 0.15) is 11.5 Å². The van der Waals surface area contributed by atoms with Crippen molar-refractivity contribution in [1.82, 2.24) is 19.9 Å². The molecule has 2 N–H and O–H groups in total. The van der Waals surface area contributed by atoms with Crippen molar-refractivity contribution in [3.8, 4) is 5.88 Å². The van der Waals surface area contributed by atoms with E-state index in [2.05, 4.69) is 37.4 Å². The molecule has 0 aliphatic heterocycles. The van der Waals surface area contributed by atoms with Gasteiger partial charge < -0.3 is 15.0 Å². The molecule has 4 aromatic rings. The maximum atomic E-state index is 5.14. The fourth-order valence-corrected chi connectivity index (χ4v) is 2.86. The fraction of sp³-hybridized carbons (Fsp3) is 0.150. The zero-order valence-electron chi connectivity index (χ0n) is 14.4. The molecule has 0 bridgehead atoms. The summed E-state index contributed by atoms with van der Waals surface area (Å²) in [5.41, 5.74) is 4.19. The number of methoxy groups -OCH3 is 1. The zero-order chi connectivity index (χ0) is 17.8.